The molecular formula is C16H23N3. The zero-order valence-corrected chi connectivity index (χ0v) is 11.8. The van der Waals surface area contributed by atoms with Crippen LogP contribution in [0.5, 0.6) is 0 Å². The van der Waals surface area contributed by atoms with Crippen LogP contribution in [-0.2, 0) is 0 Å². The van der Waals surface area contributed by atoms with E-state index in [0.29, 0.717) is 12.0 Å². The van der Waals surface area contributed by atoms with Gasteiger partial charge in [0.05, 0.1) is 0 Å². The number of nitrogens with one attached hydrogen (secondary N) is 1. The van der Waals surface area contributed by atoms with Crippen molar-refractivity contribution in [3.05, 3.63) is 35.4 Å². The number of hydrogen-bond acceptors (Lipinski definition) is 3. The summed E-state index contributed by atoms with van der Waals surface area (Å²) in [5.74, 6) is 0.529. The number of benzene rings is 1. The van der Waals surface area contributed by atoms with Crippen molar-refractivity contribution in [2.75, 3.05) is 31.7 Å². The molecule has 1 heterocycles. The topological polar surface area (TPSA) is 41.3 Å². The van der Waals surface area contributed by atoms with E-state index in [1.54, 1.807) is 5.57 Å². The van der Waals surface area contributed by atoms with Gasteiger partial charge in [-0.05, 0) is 57.1 Å². The molecule has 1 aromatic carbocycles. The van der Waals surface area contributed by atoms with E-state index in [0.717, 1.165) is 12.2 Å². The molecule has 3 rings (SSSR count). The Labute approximate surface area is 115 Å². The number of anilines is 2. The molecule has 1 aliphatic carbocycles. The fourth-order valence-electron chi connectivity index (χ4n) is 3.31. The Morgan fingerprint density at radius 1 is 1.32 bits per heavy atom. The average Bonchev–Trinajstić information content (AvgIpc) is 2.81. The van der Waals surface area contributed by atoms with E-state index >= 15 is 0 Å². The molecule has 2 atom stereocenters. The highest BCUT2D eigenvalue weighted by atomic mass is 15.1. The second-order valence-electron chi connectivity index (χ2n) is 5.95. The smallest absolute Gasteiger partial charge is 0.0381 e. The first-order chi connectivity index (χ1) is 9.15. The van der Waals surface area contributed by atoms with Crippen molar-refractivity contribution < 1.29 is 0 Å². The first-order valence-corrected chi connectivity index (χ1v) is 7.14. The van der Waals surface area contributed by atoms with Crippen LogP contribution in [0.2, 0.25) is 0 Å². The summed E-state index contributed by atoms with van der Waals surface area (Å²) in [5, 5.41) is 3.50. The van der Waals surface area contributed by atoms with Gasteiger partial charge in [-0.3, -0.25) is 0 Å². The van der Waals surface area contributed by atoms with Crippen molar-refractivity contribution in [1.82, 2.24) is 4.90 Å². The van der Waals surface area contributed by atoms with Gasteiger partial charge < -0.3 is 16.0 Å². The molecule has 1 aromatic rings. The van der Waals surface area contributed by atoms with Crippen LogP contribution >= 0.6 is 0 Å². The second kappa shape index (κ2) is 4.89. The largest absolute Gasteiger partial charge is 0.399 e. The lowest BCUT2D eigenvalue weighted by Gasteiger charge is -2.29. The fraction of sp³-hybridized carbons (Fsp3) is 0.500. The predicted octanol–water partition coefficient (Wildman–Crippen LogP) is 2.82. The minimum atomic E-state index is 0.529. The van der Waals surface area contributed by atoms with Gasteiger partial charge in [-0.2, -0.15) is 0 Å². The molecule has 19 heavy (non-hydrogen) atoms. The maximum absolute atomic E-state index is 5.93. The maximum atomic E-state index is 5.93. The number of nitrogens with zero attached hydrogens (tertiary/aromatic N) is 1. The first kappa shape index (κ1) is 12.5. The zero-order chi connectivity index (χ0) is 13.4. The van der Waals surface area contributed by atoms with E-state index in [4.69, 9.17) is 5.73 Å². The summed E-state index contributed by atoms with van der Waals surface area (Å²) in [4.78, 5) is 2.34. The minimum Gasteiger partial charge on any atom is -0.399 e. The number of nitrogen functional groups attached to an aromatic ring is 1. The van der Waals surface area contributed by atoms with Crippen molar-refractivity contribution in [3.8, 4) is 0 Å². The second-order valence-corrected chi connectivity index (χ2v) is 5.95. The molecule has 3 heteroatoms. The van der Waals surface area contributed by atoms with Crippen molar-refractivity contribution in [2.24, 2.45) is 0 Å². The molecule has 0 fully saturated rings. The molecule has 0 bridgehead atoms. The summed E-state index contributed by atoms with van der Waals surface area (Å²) < 4.78 is 0. The molecule has 2 unspecified atom stereocenters. The molecule has 102 valence electrons. The molecule has 3 N–H and O–H groups in total. The summed E-state index contributed by atoms with van der Waals surface area (Å²) in [6, 6.07) is 6.93. The highest BCUT2D eigenvalue weighted by Crippen LogP contribution is 2.40. The van der Waals surface area contributed by atoms with E-state index in [1.807, 2.05) is 6.07 Å². The molecule has 2 aliphatic rings. The molecule has 0 radical (unpaired) electrons. The molecular weight excluding hydrogens is 234 g/mol. The molecule has 1 aliphatic heterocycles. The van der Waals surface area contributed by atoms with E-state index in [9.17, 15) is 0 Å². The van der Waals surface area contributed by atoms with Crippen LogP contribution in [0.1, 0.15) is 30.7 Å². The van der Waals surface area contributed by atoms with Crippen LogP contribution in [-0.4, -0.2) is 31.6 Å². The van der Waals surface area contributed by atoms with Crippen LogP contribution in [0, 0.1) is 0 Å². The number of hydrogen-bond donors (Lipinski definition) is 2. The van der Waals surface area contributed by atoms with Crippen LogP contribution in [0.4, 0.5) is 11.4 Å². The highest BCUT2D eigenvalue weighted by Gasteiger charge is 2.28. The number of nitrogens with two attached hydrogens (primary N) is 1. The number of fused-ring (bicyclic) bond motifs is 1. The third-order valence-electron chi connectivity index (χ3n) is 4.54. The van der Waals surface area contributed by atoms with Crippen molar-refractivity contribution >= 4 is 11.4 Å². The Hall–Kier alpha value is -1.48. The van der Waals surface area contributed by atoms with E-state index < -0.39 is 0 Å². The van der Waals surface area contributed by atoms with Gasteiger partial charge in [0.25, 0.3) is 0 Å². The third kappa shape index (κ3) is 2.35. The van der Waals surface area contributed by atoms with Gasteiger partial charge in [0.2, 0.25) is 0 Å². The van der Waals surface area contributed by atoms with Gasteiger partial charge >= 0.3 is 0 Å². The monoisotopic (exact) mass is 257 g/mol. The quantitative estimate of drug-likeness (QED) is 0.632. The van der Waals surface area contributed by atoms with Gasteiger partial charge in [-0.25, -0.2) is 0 Å². The van der Waals surface area contributed by atoms with E-state index in [1.165, 1.54) is 30.5 Å². The average molecular weight is 257 g/mol. The molecule has 3 nitrogen and oxygen atoms in total. The van der Waals surface area contributed by atoms with Crippen molar-refractivity contribution in [1.29, 1.82) is 0 Å². The lowest BCUT2D eigenvalue weighted by atomic mass is 9.84. The summed E-state index contributed by atoms with van der Waals surface area (Å²) >= 11 is 0. The van der Waals surface area contributed by atoms with Crippen molar-refractivity contribution in [3.63, 3.8) is 0 Å². The summed E-state index contributed by atoms with van der Waals surface area (Å²) in [5.41, 5.74) is 11.0. The van der Waals surface area contributed by atoms with Gasteiger partial charge in [0.15, 0.2) is 0 Å². The van der Waals surface area contributed by atoms with Gasteiger partial charge in [-0.15, -0.1) is 0 Å². The Balaban J connectivity index is 1.81. The van der Waals surface area contributed by atoms with E-state index in [2.05, 4.69) is 42.5 Å². The third-order valence-corrected chi connectivity index (χ3v) is 4.54. The molecule has 0 saturated heterocycles. The fourth-order valence-corrected chi connectivity index (χ4v) is 3.31. The Morgan fingerprint density at radius 2 is 2.16 bits per heavy atom. The zero-order valence-electron chi connectivity index (χ0n) is 11.8. The molecule has 0 aromatic heterocycles. The van der Waals surface area contributed by atoms with Gasteiger partial charge in [-0.1, -0.05) is 11.6 Å². The Morgan fingerprint density at radius 3 is 2.84 bits per heavy atom. The van der Waals surface area contributed by atoms with Gasteiger partial charge in [0.1, 0.15) is 0 Å². The Bertz CT molecular complexity index is 505. The maximum Gasteiger partial charge on any atom is 0.0381 e. The van der Waals surface area contributed by atoms with Gasteiger partial charge in [0, 0.05) is 29.9 Å². The molecule has 0 amide bonds. The predicted molar refractivity (Wildman–Crippen MR) is 81.5 cm³/mol. The normalized spacial score (nSPS) is 25.9. The van der Waals surface area contributed by atoms with Crippen LogP contribution in [0.25, 0.3) is 0 Å². The summed E-state index contributed by atoms with van der Waals surface area (Å²) in [6.07, 6.45) is 6.12. The summed E-state index contributed by atoms with van der Waals surface area (Å²) in [6.45, 7) is 1.03. The minimum absolute atomic E-state index is 0.529. The number of rotatable bonds is 2. The molecule has 0 saturated carbocycles. The lowest BCUT2D eigenvalue weighted by molar-refractivity contribution is 0.271. The lowest BCUT2D eigenvalue weighted by Crippen LogP contribution is -2.29. The Kier molecular flexibility index (Phi) is 3.23. The highest BCUT2D eigenvalue weighted by molar-refractivity contribution is 5.65. The molecule has 0 spiro atoms. The first-order valence-electron chi connectivity index (χ1n) is 7.14. The standard InChI is InChI=1S/C16H23N3/c1-19(2)13-6-3-11(4-7-13)15-10-18-16-8-5-12(17)9-14(15)16/h3,5,8-9,13,15,18H,4,6-7,10,17H2,1-2H3. The van der Waals surface area contributed by atoms with E-state index in [-0.39, 0.29) is 0 Å². The van der Waals surface area contributed by atoms with Crippen molar-refractivity contribution in [2.45, 2.75) is 31.2 Å². The van der Waals surface area contributed by atoms with Crippen LogP contribution in [0.3, 0.4) is 0 Å². The summed E-state index contributed by atoms with van der Waals surface area (Å²) in [7, 11) is 4.35. The van der Waals surface area contributed by atoms with Crippen LogP contribution < -0.4 is 11.1 Å². The SMILES string of the molecule is CN(C)C1CC=C(C2CNc3ccc(N)cc32)CC1. The van der Waals surface area contributed by atoms with Crippen LogP contribution in [0.15, 0.2) is 29.8 Å².